The Morgan fingerprint density at radius 3 is 2.68 bits per heavy atom. The quantitative estimate of drug-likeness (QED) is 0.790. The number of carbonyl (C=O) groups excluding carboxylic acids is 1. The first kappa shape index (κ1) is 20.4. The van der Waals surface area contributed by atoms with Gasteiger partial charge in [-0.1, -0.05) is 42.0 Å². The standard InChI is InChI=1S/C20H22F2N2O3S/c1-14-6-4-7-15(12-14)17-9-5-11-24(17)13-19(25)23-16-8-2-3-10-18(16)28(26,27)20(21)22/h2-4,6-8,10,12,17,20H,5,9,11,13H2,1H3,(H,23,25). The number of nitrogens with one attached hydrogen (secondary N) is 1. The molecule has 8 heteroatoms. The molecule has 1 saturated heterocycles. The molecule has 0 radical (unpaired) electrons. The zero-order valence-electron chi connectivity index (χ0n) is 15.4. The lowest BCUT2D eigenvalue weighted by atomic mass is 10.0. The van der Waals surface area contributed by atoms with E-state index in [1.807, 2.05) is 30.0 Å². The predicted octanol–water partition coefficient (Wildman–Crippen LogP) is 3.77. The van der Waals surface area contributed by atoms with Gasteiger partial charge in [0.25, 0.3) is 0 Å². The van der Waals surface area contributed by atoms with Crippen LogP contribution in [-0.2, 0) is 14.6 Å². The van der Waals surface area contributed by atoms with Gasteiger partial charge in [-0.2, -0.15) is 8.78 Å². The van der Waals surface area contributed by atoms with Gasteiger partial charge in [0.1, 0.15) is 0 Å². The Labute approximate surface area is 163 Å². The maximum Gasteiger partial charge on any atom is 0.341 e. The van der Waals surface area contributed by atoms with Crippen LogP contribution < -0.4 is 5.32 Å². The van der Waals surface area contributed by atoms with Gasteiger partial charge in [-0.25, -0.2) is 8.42 Å². The summed E-state index contributed by atoms with van der Waals surface area (Å²) in [6.45, 7) is 2.81. The molecule has 1 unspecified atom stereocenters. The zero-order valence-corrected chi connectivity index (χ0v) is 16.3. The molecule has 1 amide bonds. The van der Waals surface area contributed by atoms with E-state index in [9.17, 15) is 22.0 Å². The highest BCUT2D eigenvalue weighted by Gasteiger charge is 2.31. The van der Waals surface area contributed by atoms with E-state index in [4.69, 9.17) is 0 Å². The molecule has 0 aromatic heterocycles. The van der Waals surface area contributed by atoms with Crippen molar-refractivity contribution in [2.24, 2.45) is 0 Å². The van der Waals surface area contributed by atoms with Gasteiger partial charge in [0, 0.05) is 6.04 Å². The molecule has 1 fully saturated rings. The van der Waals surface area contributed by atoms with Gasteiger partial charge < -0.3 is 5.32 Å². The number of rotatable bonds is 6. The van der Waals surface area contributed by atoms with E-state index < -0.39 is 26.4 Å². The summed E-state index contributed by atoms with van der Waals surface area (Å²) in [5, 5.41) is 2.49. The molecule has 1 heterocycles. The number of anilines is 1. The minimum absolute atomic E-state index is 0.0572. The minimum atomic E-state index is -4.80. The van der Waals surface area contributed by atoms with Gasteiger partial charge in [0.2, 0.25) is 15.7 Å². The van der Waals surface area contributed by atoms with Crippen LogP contribution in [0.1, 0.15) is 30.0 Å². The molecule has 1 aliphatic heterocycles. The van der Waals surface area contributed by atoms with Crippen molar-refractivity contribution in [1.29, 1.82) is 0 Å². The van der Waals surface area contributed by atoms with E-state index in [0.717, 1.165) is 36.6 Å². The molecule has 2 aromatic carbocycles. The zero-order chi connectivity index (χ0) is 20.3. The highest BCUT2D eigenvalue weighted by Crippen LogP contribution is 2.32. The molecule has 3 rings (SSSR count). The van der Waals surface area contributed by atoms with Crippen LogP contribution in [0, 0.1) is 6.92 Å². The van der Waals surface area contributed by atoms with Crippen molar-refractivity contribution in [2.45, 2.75) is 36.5 Å². The lowest BCUT2D eigenvalue weighted by molar-refractivity contribution is -0.117. The molecular weight excluding hydrogens is 386 g/mol. The van der Waals surface area contributed by atoms with Gasteiger partial charge in [-0.3, -0.25) is 9.69 Å². The fourth-order valence-corrected chi connectivity index (χ4v) is 4.44. The number of likely N-dealkylation sites (tertiary alicyclic amines) is 1. The smallest absolute Gasteiger partial charge is 0.324 e. The van der Waals surface area contributed by atoms with Crippen LogP contribution in [0.15, 0.2) is 53.4 Å². The summed E-state index contributed by atoms with van der Waals surface area (Å²) < 4.78 is 49.5. The summed E-state index contributed by atoms with van der Waals surface area (Å²) in [6.07, 6.45) is 1.87. The number of halogens is 2. The number of hydrogen-bond donors (Lipinski definition) is 1. The van der Waals surface area contributed by atoms with Gasteiger partial charge >= 0.3 is 5.76 Å². The largest absolute Gasteiger partial charge is 0.341 e. The molecule has 1 aliphatic rings. The number of alkyl halides is 2. The fourth-order valence-electron chi connectivity index (χ4n) is 3.56. The van der Waals surface area contributed by atoms with Gasteiger partial charge in [0.15, 0.2) is 0 Å². The summed E-state index contributed by atoms with van der Waals surface area (Å²) in [6, 6.07) is 13.4. The van der Waals surface area contributed by atoms with E-state index in [2.05, 4.69) is 11.4 Å². The second-order valence-electron chi connectivity index (χ2n) is 6.89. The maximum absolute atomic E-state index is 12.9. The first-order valence-corrected chi connectivity index (χ1v) is 10.5. The van der Waals surface area contributed by atoms with Gasteiger partial charge in [-0.15, -0.1) is 0 Å². The number of hydrogen-bond acceptors (Lipinski definition) is 4. The molecular formula is C20H22F2N2O3S. The van der Waals surface area contributed by atoms with Crippen LogP contribution in [0.4, 0.5) is 14.5 Å². The molecule has 5 nitrogen and oxygen atoms in total. The van der Waals surface area contributed by atoms with Crippen molar-refractivity contribution >= 4 is 21.4 Å². The number of benzene rings is 2. The normalized spacial score (nSPS) is 17.8. The van der Waals surface area contributed by atoms with Crippen LogP contribution in [0.3, 0.4) is 0 Å². The molecule has 0 saturated carbocycles. The average Bonchev–Trinajstić information content (AvgIpc) is 3.10. The van der Waals surface area contributed by atoms with E-state index in [-0.39, 0.29) is 18.3 Å². The highest BCUT2D eigenvalue weighted by molar-refractivity contribution is 7.91. The summed E-state index contributed by atoms with van der Waals surface area (Å²) in [5.41, 5.74) is 2.14. The van der Waals surface area contributed by atoms with Crippen molar-refractivity contribution in [3.63, 3.8) is 0 Å². The number of nitrogens with zero attached hydrogens (tertiary/aromatic N) is 1. The number of aryl methyl sites for hydroxylation is 1. The van der Waals surface area contributed by atoms with Crippen LogP contribution in [0.2, 0.25) is 0 Å². The van der Waals surface area contributed by atoms with Gasteiger partial charge in [0.05, 0.1) is 17.1 Å². The monoisotopic (exact) mass is 408 g/mol. The number of sulfone groups is 1. The van der Waals surface area contributed by atoms with Crippen molar-refractivity contribution < 1.29 is 22.0 Å². The van der Waals surface area contributed by atoms with Gasteiger partial charge in [-0.05, 0) is 44.0 Å². The number of para-hydroxylation sites is 1. The Kier molecular flexibility index (Phi) is 6.10. The molecule has 2 aromatic rings. The predicted molar refractivity (Wildman–Crippen MR) is 103 cm³/mol. The summed E-state index contributed by atoms with van der Waals surface area (Å²) in [5.74, 6) is -3.98. The van der Waals surface area contributed by atoms with Crippen molar-refractivity contribution in [2.75, 3.05) is 18.4 Å². The summed E-state index contributed by atoms with van der Waals surface area (Å²) in [7, 11) is -4.80. The average molecular weight is 408 g/mol. The maximum atomic E-state index is 12.9. The lowest BCUT2D eigenvalue weighted by Gasteiger charge is -2.24. The third-order valence-electron chi connectivity index (χ3n) is 4.84. The Morgan fingerprint density at radius 1 is 1.21 bits per heavy atom. The SMILES string of the molecule is Cc1cccc(C2CCCN2CC(=O)Nc2ccccc2S(=O)(=O)C(F)F)c1. The molecule has 0 spiro atoms. The molecule has 1 atom stereocenters. The van der Waals surface area contributed by atoms with Crippen LogP contribution >= 0.6 is 0 Å². The molecule has 150 valence electrons. The second-order valence-corrected chi connectivity index (χ2v) is 8.78. The third kappa shape index (κ3) is 4.39. The molecule has 0 aliphatic carbocycles. The van der Waals surface area contributed by atoms with Crippen LogP contribution in [-0.4, -0.2) is 38.1 Å². The fraction of sp³-hybridized carbons (Fsp3) is 0.350. The molecule has 0 bridgehead atoms. The van der Waals surface area contributed by atoms with Crippen molar-refractivity contribution in [1.82, 2.24) is 4.90 Å². The van der Waals surface area contributed by atoms with Crippen molar-refractivity contribution in [3.8, 4) is 0 Å². The van der Waals surface area contributed by atoms with Crippen LogP contribution in [0.5, 0.6) is 0 Å². The molecule has 1 N–H and O–H groups in total. The van der Waals surface area contributed by atoms with Crippen molar-refractivity contribution in [3.05, 3.63) is 59.7 Å². The minimum Gasteiger partial charge on any atom is -0.324 e. The van der Waals surface area contributed by atoms with E-state index in [1.54, 1.807) is 0 Å². The first-order chi connectivity index (χ1) is 13.3. The number of amides is 1. The third-order valence-corrected chi connectivity index (χ3v) is 6.28. The highest BCUT2D eigenvalue weighted by atomic mass is 32.2. The topological polar surface area (TPSA) is 66.5 Å². The van der Waals surface area contributed by atoms with E-state index in [1.165, 1.54) is 18.2 Å². The number of carbonyl (C=O) groups is 1. The van der Waals surface area contributed by atoms with E-state index >= 15 is 0 Å². The molecule has 28 heavy (non-hydrogen) atoms. The lowest BCUT2D eigenvalue weighted by Crippen LogP contribution is -2.33. The summed E-state index contributed by atoms with van der Waals surface area (Å²) in [4.78, 5) is 14.0. The first-order valence-electron chi connectivity index (χ1n) is 9.00. The van der Waals surface area contributed by atoms with E-state index in [0.29, 0.717) is 0 Å². The second kappa shape index (κ2) is 8.36. The Balaban J connectivity index is 1.75. The van der Waals surface area contributed by atoms with Crippen LogP contribution in [0.25, 0.3) is 0 Å². The Morgan fingerprint density at radius 2 is 1.96 bits per heavy atom. The Hall–Kier alpha value is -2.32. The Bertz CT molecular complexity index is 963. The summed E-state index contributed by atoms with van der Waals surface area (Å²) >= 11 is 0.